The molecule has 1 atom stereocenters. The molecule has 3 rings (SSSR count). The maximum absolute atomic E-state index is 13.0. The summed E-state index contributed by atoms with van der Waals surface area (Å²) in [4.78, 5) is 19.8. The Labute approximate surface area is 160 Å². The lowest BCUT2D eigenvalue weighted by Crippen LogP contribution is -2.52. The van der Waals surface area contributed by atoms with Gasteiger partial charge in [-0.3, -0.25) is 9.69 Å². The van der Waals surface area contributed by atoms with Crippen molar-refractivity contribution in [2.24, 2.45) is 5.92 Å². The van der Waals surface area contributed by atoms with Crippen LogP contribution < -0.4 is 5.32 Å². The SMILES string of the molecule is CCC(CC)[C@@H](CNC(=O)c1cc(C)nc2onc(C)c12)N1CCOCC1. The van der Waals surface area contributed by atoms with E-state index in [1.54, 1.807) is 0 Å². The largest absolute Gasteiger partial charge is 0.379 e. The van der Waals surface area contributed by atoms with Crippen molar-refractivity contribution in [3.8, 4) is 0 Å². The summed E-state index contributed by atoms with van der Waals surface area (Å²) in [5.74, 6) is 0.445. The maximum atomic E-state index is 13.0. The summed E-state index contributed by atoms with van der Waals surface area (Å²) in [6.45, 7) is 12.1. The smallest absolute Gasteiger partial charge is 0.258 e. The van der Waals surface area contributed by atoms with Gasteiger partial charge in [0, 0.05) is 31.4 Å². The second-order valence-electron chi connectivity index (χ2n) is 7.26. The van der Waals surface area contributed by atoms with Gasteiger partial charge in [-0.25, -0.2) is 4.98 Å². The fourth-order valence-corrected chi connectivity index (χ4v) is 4.03. The minimum absolute atomic E-state index is 0.0963. The first-order chi connectivity index (χ1) is 13.0. The van der Waals surface area contributed by atoms with Crippen LogP contribution in [0.15, 0.2) is 10.6 Å². The molecule has 0 bridgehead atoms. The summed E-state index contributed by atoms with van der Waals surface area (Å²) in [6, 6.07) is 2.12. The predicted molar refractivity (Wildman–Crippen MR) is 104 cm³/mol. The number of aromatic nitrogens is 2. The van der Waals surface area contributed by atoms with Crippen LogP contribution in [0, 0.1) is 19.8 Å². The van der Waals surface area contributed by atoms with Crippen LogP contribution in [-0.2, 0) is 4.74 Å². The van der Waals surface area contributed by atoms with Gasteiger partial charge in [0.15, 0.2) is 0 Å². The normalized spacial score (nSPS) is 16.8. The van der Waals surface area contributed by atoms with E-state index < -0.39 is 0 Å². The van der Waals surface area contributed by atoms with Gasteiger partial charge in [0.05, 0.1) is 29.9 Å². The molecule has 1 amide bonds. The number of pyridine rings is 1. The molecule has 7 nitrogen and oxygen atoms in total. The molecule has 2 aromatic heterocycles. The highest BCUT2D eigenvalue weighted by Crippen LogP contribution is 2.23. The molecule has 0 unspecified atom stereocenters. The van der Waals surface area contributed by atoms with Crippen molar-refractivity contribution in [2.45, 2.75) is 46.6 Å². The highest BCUT2D eigenvalue weighted by molar-refractivity contribution is 6.06. The number of amides is 1. The van der Waals surface area contributed by atoms with Crippen molar-refractivity contribution in [3.05, 3.63) is 23.0 Å². The fraction of sp³-hybridized carbons (Fsp3) is 0.650. The Bertz CT molecular complexity index is 779. The predicted octanol–water partition coefficient (Wildman–Crippen LogP) is 2.71. The average molecular weight is 374 g/mol. The molecule has 0 radical (unpaired) electrons. The van der Waals surface area contributed by atoms with Crippen molar-refractivity contribution in [3.63, 3.8) is 0 Å². The van der Waals surface area contributed by atoms with Crippen LogP contribution in [0.2, 0.25) is 0 Å². The summed E-state index contributed by atoms with van der Waals surface area (Å²) in [6.07, 6.45) is 2.19. The third-order valence-corrected chi connectivity index (χ3v) is 5.57. The van der Waals surface area contributed by atoms with Gasteiger partial charge in [-0.15, -0.1) is 0 Å². The Balaban J connectivity index is 1.78. The fourth-order valence-electron chi connectivity index (χ4n) is 4.03. The third kappa shape index (κ3) is 4.30. The van der Waals surface area contributed by atoms with Crippen molar-refractivity contribution in [2.75, 3.05) is 32.8 Å². The molecule has 27 heavy (non-hydrogen) atoms. The van der Waals surface area contributed by atoms with Crippen LogP contribution in [0.5, 0.6) is 0 Å². The van der Waals surface area contributed by atoms with Crippen LogP contribution in [0.3, 0.4) is 0 Å². The lowest BCUT2D eigenvalue weighted by atomic mass is 9.92. The summed E-state index contributed by atoms with van der Waals surface area (Å²) in [5, 5.41) is 7.82. The molecule has 1 fully saturated rings. The molecule has 1 aliphatic rings. The van der Waals surface area contributed by atoms with Gasteiger partial charge in [-0.05, 0) is 25.8 Å². The van der Waals surface area contributed by atoms with Gasteiger partial charge in [-0.1, -0.05) is 31.8 Å². The van der Waals surface area contributed by atoms with Crippen LogP contribution >= 0.6 is 0 Å². The summed E-state index contributed by atoms with van der Waals surface area (Å²) in [5.41, 5.74) is 2.43. The number of aryl methyl sites for hydroxylation is 2. The van der Waals surface area contributed by atoms with E-state index in [2.05, 4.69) is 34.2 Å². The Kier molecular flexibility index (Phi) is 6.44. The Morgan fingerprint density at radius 2 is 1.96 bits per heavy atom. The van der Waals surface area contributed by atoms with E-state index in [9.17, 15) is 4.79 Å². The van der Waals surface area contributed by atoms with Crippen molar-refractivity contribution >= 4 is 17.0 Å². The highest BCUT2D eigenvalue weighted by Gasteiger charge is 2.28. The summed E-state index contributed by atoms with van der Waals surface area (Å²) < 4.78 is 10.8. The maximum Gasteiger partial charge on any atom is 0.258 e. The number of ether oxygens (including phenoxy) is 1. The molecular weight excluding hydrogens is 344 g/mol. The van der Waals surface area contributed by atoms with E-state index in [0.29, 0.717) is 40.9 Å². The van der Waals surface area contributed by atoms with E-state index in [1.165, 1.54) is 0 Å². The number of carbonyl (C=O) groups excluding carboxylic acids is 1. The second kappa shape index (κ2) is 8.80. The Hall–Kier alpha value is -1.99. The molecular formula is C20H30N4O3. The molecule has 148 valence electrons. The van der Waals surface area contributed by atoms with E-state index in [-0.39, 0.29) is 5.91 Å². The minimum Gasteiger partial charge on any atom is -0.379 e. The monoisotopic (exact) mass is 374 g/mol. The first-order valence-corrected chi connectivity index (χ1v) is 9.88. The van der Waals surface area contributed by atoms with Gasteiger partial charge in [0.25, 0.3) is 11.6 Å². The second-order valence-corrected chi connectivity index (χ2v) is 7.26. The Morgan fingerprint density at radius 3 is 2.63 bits per heavy atom. The summed E-state index contributed by atoms with van der Waals surface area (Å²) in [7, 11) is 0. The molecule has 1 saturated heterocycles. The molecule has 0 aromatic carbocycles. The number of carbonyl (C=O) groups is 1. The van der Waals surface area contributed by atoms with Crippen LogP contribution in [0.25, 0.3) is 11.1 Å². The third-order valence-electron chi connectivity index (χ3n) is 5.57. The molecule has 1 aliphatic heterocycles. The number of morpholine rings is 1. The number of nitrogens with one attached hydrogen (secondary N) is 1. The number of nitrogens with zero attached hydrogens (tertiary/aromatic N) is 3. The number of hydrogen-bond donors (Lipinski definition) is 1. The van der Waals surface area contributed by atoms with E-state index in [1.807, 2.05) is 19.9 Å². The highest BCUT2D eigenvalue weighted by atomic mass is 16.5. The molecule has 1 N–H and O–H groups in total. The van der Waals surface area contributed by atoms with Gasteiger partial charge in [0.2, 0.25) is 0 Å². The number of hydrogen-bond acceptors (Lipinski definition) is 6. The van der Waals surface area contributed by atoms with Crippen molar-refractivity contribution < 1.29 is 14.1 Å². The van der Waals surface area contributed by atoms with Crippen LogP contribution in [0.4, 0.5) is 0 Å². The lowest BCUT2D eigenvalue weighted by Gasteiger charge is -2.38. The average Bonchev–Trinajstić information content (AvgIpc) is 3.05. The van der Waals surface area contributed by atoms with Gasteiger partial charge in [0.1, 0.15) is 0 Å². The van der Waals surface area contributed by atoms with Crippen LogP contribution in [0.1, 0.15) is 48.4 Å². The number of rotatable bonds is 7. The van der Waals surface area contributed by atoms with Crippen molar-refractivity contribution in [1.82, 2.24) is 20.4 Å². The lowest BCUT2D eigenvalue weighted by molar-refractivity contribution is 0.00191. The molecule has 0 spiro atoms. The van der Waals surface area contributed by atoms with Gasteiger partial charge < -0.3 is 14.6 Å². The van der Waals surface area contributed by atoms with Gasteiger partial charge >= 0.3 is 0 Å². The molecule has 3 heterocycles. The van der Waals surface area contributed by atoms with E-state index in [0.717, 1.165) is 44.8 Å². The van der Waals surface area contributed by atoms with E-state index >= 15 is 0 Å². The first-order valence-electron chi connectivity index (χ1n) is 9.88. The molecule has 0 aliphatic carbocycles. The first kappa shape index (κ1) is 19.8. The zero-order valence-electron chi connectivity index (χ0n) is 16.7. The quantitative estimate of drug-likeness (QED) is 0.803. The minimum atomic E-state index is -0.0963. The molecule has 7 heteroatoms. The summed E-state index contributed by atoms with van der Waals surface area (Å²) >= 11 is 0. The molecule has 0 saturated carbocycles. The zero-order chi connectivity index (χ0) is 19.4. The Morgan fingerprint density at radius 1 is 1.26 bits per heavy atom. The molecule has 2 aromatic rings. The van der Waals surface area contributed by atoms with Crippen molar-refractivity contribution in [1.29, 1.82) is 0 Å². The van der Waals surface area contributed by atoms with Crippen LogP contribution in [-0.4, -0.2) is 59.8 Å². The number of fused-ring (bicyclic) bond motifs is 1. The standard InChI is InChI=1S/C20H30N4O3/c1-5-15(6-2)17(24-7-9-26-10-8-24)12-21-19(25)16-11-13(3)22-20-18(16)14(4)23-27-20/h11,15,17H,5-10,12H2,1-4H3,(H,21,25)/t17-/m1/s1. The zero-order valence-corrected chi connectivity index (χ0v) is 16.7. The topological polar surface area (TPSA) is 80.5 Å². The van der Waals surface area contributed by atoms with Gasteiger partial charge in [-0.2, -0.15) is 0 Å². The van der Waals surface area contributed by atoms with E-state index in [4.69, 9.17) is 9.26 Å².